The highest BCUT2D eigenvalue weighted by molar-refractivity contribution is 7.95. The molecular weight excluding hydrogens is 388 g/mol. The number of rotatable bonds is 5. The van der Waals surface area contributed by atoms with Crippen molar-refractivity contribution in [2.45, 2.75) is 23.2 Å². The number of hydrogen-bond donors (Lipinski definition) is 1. The van der Waals surface area contributed by atoms with E-state index in [1.807, 2.05) is 54.6 Å². The number of hydrogen-bond acceptors (Lipinski definition) is 5. The van der Waals surface area contributed by atoms with Crippen LogP contribution in [0.4, 0.5) is 0 Å². The molecule has 0 aromatic heterocycles. The molecule has 1 N–H and O–H groups in total. The summed E-state index contributed by atoms with van der Waals surface area (Å²) >= 11 is 0. The first-order valence-electron chi connectivity index (χ1n) is 9.48. The normalized spacial score (nSPS) is 29.8. The maximum atomic E-state index is 12.7. The van der Waals surface area contributed by atoms with Gasteiger partial charge in [0.25, 0.3) is 0 Å². The van der Waals surface area contributed by atoms with Gasteiger partial charge in [-0.05, 0) is 41.8 Å². The van der Waals surface area contributed by atoms with E-state index in [1.54, 1.807) is 26.4 Å². The van der Waals surface area contributed by atoms with Crippen LogP contribution in [0, 0.1) is 5.92 Å². The lowest BCUT2D eigenvalue weighted by Crippen LogP contribution is -2.33. The summed E-state index contributed by atoms with van der Waals surface area (Å²) in [5.74, 6) is 0.696. The second-order valence-corrected chi connectivity index (χ2v) is 9.58. The third-order valence-electron chi connectivity index (χ3n) is 5.95. The van der Waals surface area contributed by atoms with Gasteiger partial charge in [0.2, 0.25) is 0 Å². The van der Waals surface area contributed by atoms with Crippen molar-refractivity contribution in [3.63, 3.8) is 0 Å². The standard InChI is InChI=1S/C23H24O5S/c1-27-18-7-3-16(4-8-18)11-13-23(24)15-20(17-5-9-19(28-2)10-6-17)22-21(23)12-14-29(22,25)26/h3-14,20-22,24H,15H2,1-2H3/b13-11+/t20-,21-,22-,23+/m0/s1. The van der Waals surface area contributed by atoms with Crippen LogP contribution in [0.25, 0.3) is 6.08 Å². The van der Waals surface area contributed by atoms with Crippen molar-refractivity contribution in [3.8, 4) is 11.5 Å². The topological polar surface area (TPSA) is 72.8 Å². The van der Waals surface area contributed by atoms with Gasteiger partial charge in [-0.15, -0.1) is 0 Å². The summed E-state index contributed by atoms with van der Waals surface area (Å²) in [5, 5.41) is 12.0. The van der Waals surface area contributed by atoms with Crippen LogP contribution in [0.5, 0.6) is 11.5 Å². The van der Waals surface area contributed by atoms with Crippen molar-refractivity contribution in [1.29, 1.82) is 0 Å². The predicted molar refractivity (Wildman–Crippen MR) is 113 cm³/mol. The predicted octanol–water partition coefficient (Wildman–Crippen LogP) is 3.56. The van der Waals surface area contributed by atoms with E-state index in [0.29, 0.717) is 12.2 Å². The molecule has 4 atom stereocenters. The molecule has 0 amide bonds. The second-order valence-electron chi connectivity index (χ2n) is 7.59. The highest BCUT2D eigenvalue weighted by Crippen LogP contribution is 2.53. The van der Waals surface area contributed by atoms with E-state index in [0.717, 1.165) is 16.9 Å². The molecule has 152 valence electrons. The Bertz CT molecular complexity index is 1040. The smallest absolute Gasteiger partial charge is 0.175 e. The molecule has 0 unspecified atom stereocenters. The number of methoxy groups -OCH3 is 2. The first-order valence-corrected chi connectivity index (χ1v) is 11.1. The minimum Gasteiger partial charge on any atom is -0.497 e. The SMILES string of the molecule is COc1ccc(/C=C/[C@@]2(O)C[C@@H](c3ccc(OC)cc3)[C@H]3[C@@H]2C=CS3(=O)=O)cc1. The molecule has 1 fully saturated rings. The Kier molecular flexibility index (Phi) is 5.00. The third-order valence-corrected chi connectivity index (χ3v) is 7.87. The molecule has 6 heteroatoms. The molecule has 0 saturated heterocycles. The first-order chi connectivity index (χ1) is 13.9. The van der Waals surface area contributed by atoms with E-state index in [2.05, 4.69) is 0 Å². The zero-order valence-corrected chi connectivity index (χ0v) is 17.2. The van der Waals surface area contributed by atoms with Crippen molar-refractivity contribution in [2.75, 3.05) is 14.2 Å². The number of sulfone groups is 1. The van der Waals surface area contributed by atoms with Gasteiger partial charge in [0.1, 0.15) is 11.5 Å². The highest BCUT2D eigenvalue weighted by Gasteiger charge is 2.57. The Morgan fingerprint density at radius 2 is 1.59 bits per heavy atom. The van der Waals surface area contributed by atoms with Crippen molar-refractivity contribution in [2.24, 2.45) is 5.92 Å². The van der Waals surface area contributed by atoms with Gasteiger partial charge >= 0.3 is 0 Å². The van der Waals surface area contributed by atoms with Crippen LogP contribution in [-0.2, 0) is 9.84 Å². The minimum absolute atomic E-state index is 0.295. The fourth-order valence-electron chi connectivity index (χ4n) is 4.43. The average Bonchev–Trinajstić information content (AvgIpc) is 3.23. The summed E-state index contributed by atoms with van der Waals surface area (Å²) in [4.78, 5) is 0. The molecule has 4 rings (SSSR count). The lowest BCUT2D eigenvalue weighted by Gasteiger charge is -2.24. The second kappa shape index (κ2) is 7.35. The molecule has 2 aliphatic rings. The molecule has 5 nitrogen and oxygen atoms in total. The van der Waals surface area contributed by atoms with Crippen LogP contribution in [0.2, 0.25) is 0 Å². The van der Waals surface area contributed by atoms with Crippen molar-refractivity contribution < 1.29 is 23.0 Å². The molecule has 1 aliphatic heterocycles. The van der Waals surface area contributed by atoms with E-state index in [1.165, 1.54) is 5.41 Å². The Hall–Kier alpha value is -2.57. The summed E-state index contributed by atoms with van der Waals surface area (Å²) < 4.78 is 35.8. The maximum Gasteiger partial charge on any atom is 0.175 e. The molecule has 2 aromatic carbocycles. The van der Waals surface area contributed by atoms with Gasteiger partial charge in [-0.3, -0.25) is 0 Å². The number of fused-ring (bicyclic) bond motifs is 1. The monoisotopic (exact) mass is 412 g/mol. The first kappa shape index (κ1) is 19.7. The number of ether oxygens (including phenoxy) is 2. The summed E-state index contributed by atoms with van der Waals surface area (Å²) in [5.41, 5.74) is 0.560. The maximum absolute atomic E-state index is 12.7. The van der Waals surface area contributed by atoms with Crippen molar-refractivity contribution >= 4 is 15.9 Å². The van der Waals surface area contributed by atoms with E-state index >= 15 is 0 Å². The largest absolute Gasteiger partial charge is 0.497 e. The fourth-order valence-corrected chi connectivity index (χ4v) is 6.44. The number of aliphatic hydroxyl groups is 1. The molecule has 29 heavy (non-hydrogen) atoms. The molecule has 1 aliphatic carbocycles. The molecular formula is C23H24O5S. The number of benzene rings is 2. The Balaban J connectivity index is 1.66. The van der Waals surface area contributed by atoms with E-state index in [-0.39, 0.29) is 5.92 Å². The Labute approximate surface area is 171 Å². The van der Waals surface area contributed by atoms with Crippen LogP contribution in [0.15, 0.2) is 66.1 Å². The summed E-state index contributed by atoms with van der Waals surface area (Å²) in [6.07, 6.45) is 5.56. The van der Waals surface area contributed by atoms with Gasteiger partial charge in [0.15, 0.2) is 9.84 Å². The van der Waals surface area contributed by atoms with Gasteiger partial charge in [-0.2, -0.15) is 0 Å². The fraction of sp³-hybridized carbons (Fsp3) is 0.304. The molecule has 0 radical (unpaired) electrons. The molecule has 1 heterocycles. The molecule has 2 aromatic rings. The molecule has 1 saturated carbocycles. The molecule has 0 bridgehead atoms. The zero-order valence-electron chi connectivity index (χ0n) is 16.4. The van der Waals surface area contributed by atoms with Gasteiger partial charge < -0.3 is 14.6 Å². The average molecular weight is 413 g/mol. The minimum atomic E-state index is -3.42. The van der Waals surface area contributed by atoms with Crippen LogP contribution in [-0.4, -0.2) is 38.6 Å². The molecule has 0 spiro atoms. The van der Waals surface area contributed by atoms with E-state index in [9.17, 15) is 13.5 Å². The van der Waals surface area contributed by atoms with Crippen molar-refractivity contribution in [1.82, 2.24) is 0 Å². The van der Waals surface area contributed by atoms with E-state index < -0.39 is 26.6 Å². The van der Waals surface area contributed by atoms with Crippen LogP contribution in [0.1, 0.15) is 23.5 Å². The quantitative estimate of drug-likeness (QED) is 0.813. The van der Waals surface area contributed by atoms with Crippen LogP contribution < -0.4 is 9.47 Å². The zero-order chi connectivity index (χ0) is 20.6. The Morgan fingerprint density at radius 1 is 1.00 bits per heavy atom. The summed E-state index contributed by atoms with van der Waals surface area (Å²) in [7, 11) is -0.221. The lowest BCUT2D eigenvalue weighted by atomic mass is 9.89. The highest BCUT2D eigenvalue weighted by atomic mass is 32.2. The lowest BCUT2D eigenvalue weighted by molar-refractivity contribution is 0.0705. The summed E-state index contributed by atoms with van der Waals surface area (Å²) in [6.45, 7) is 0. The van der Waals surface area contributed by atoms with Gasteiger partial charge in [-0.25, -0.2) is 8.42 Å². The van der Waals surface area contributed by atoms with E-state index in [4.69, 9.17) is 9.47 Å². The van der Waals surface area contributed by atoms with Gasteiger partial charge in [0.05, 0.1) is 25.1 Å². The van der Waals surface area contributed by atoms with Gasteiger partial charge in [0, 0.05) is 17.2 Å². The van der Waals surface area contributed by atoms with Crippen molar-refractivity contribution in [3.05, 3.63) is 77.2 Å². The Morgan fingerprint density at radius 3 is 2.17 bits per heavy atom. The summed E-state index contributed by atoms with van der Waals surface area (Å²) in [6, 6.07) is 14.9. The van der Waals surface area contributed by atoms with Crippen LogP contribution >= 0.6 is 0 Å². The third kappa shape index (κ3) is 3.58. The van der Waals surface area contributed by atoms with Gasteiger partial charge in [-0.1, -0.05) is 42.5 Å². The van der Waals surface area contributed by atoms with Crippen LogP contribution in [0.3, 0.4) is 0 Å².